The first-order valence-electron chi connectivity index (χ1n) is 9.73. The maximum atomic E-state index is 12.7. The van der Waals surface area contributed by atoms with Gasteiger partial charge in [-0.3, -0.25) is 4.79 Å². The van der Waals surface area contributed by atoms with E-state index in [2.05, 4.69) is 58.3 Å². The molecule has 0 bridgehead atoms. The number of carbonyl (C=O) groups excluding carboxylic acids is 2. The maximum absolute atomic E-state index is 12.7. The molecular weight excluding hydrogens is 620 g/mol. The number of hydrazone groups is 1. The summed E-state index contributed by atoms with van der Waals surface area (Å²) in [6, 6.07) is 16.2. The molecule has 3 rings (SSSR count). The van der Waals surface area contributed by atoms with Crippen molar-refractivity contribution in [3.8, 4) is 11.5 Å². The minimum absolute atomic E-state index is 0.185. The van der Waals surface area contributed by atoms with Crippen LogP contribution in [0.1, 0.15) is 27.0 Å². The van der Waals surface area contributed by atoms with Gasteiger partial charge in [-0.2, -0.15) is 5.10 Å². The molecule has 170 valence electrons. The van der Waals surface area contributed by atoms with Gasteiger partial charge in [0, 0.05) is 14.5 Å². The van der Waals surface area contributed by atoms with Crippen molar-refractivity contribution >= 4 is 65.9 Å². The highest BCUT2D eigenvalue weighted by atomic mass is 79.9. The molecule has 0 radical (unpaired) electrons. The summed E-state index contributed by atoms with van der Waals surface area (Å²) in [5, 5.41) is 3.99. The van der Waals surface area contributed by atoms with E-state index >= 15 is 0 Å². The molecule has 0 atom stereocenters. The summed E-state index contributed by atoms with van der Waals surface area (Å²) in [4.78, 5) is 24.9. The van der Waals surface area contributed by atoms with Crippen molar-refractivity contribution in [3.05, 3.63) is 90.3 Å². The molecule has 9 heteroatoms. The first-order valence-corrected chi connectivity index (χ1v) is 12.1. The lowest BCUT2D eigenvalue weighted by Gasteiger charge is -2.12. The summed E-state index contributed by atoms with van der Waals surface area (Å²) in [5.74, 6) is -0.0153. The van der Waals surface area contributed by atoms with Gasteiger partial charge in [0.05, 0.1) is 16.3 Å². The van der Waals surface area contributed by atoms with Crippen molar-refractivity contribution in [2.45, 2.75) is 13.8 Å². The standard InChI is InChI=1S/C24H19Br3N2O4/c1-14-6-5-7-15(2)22(14)32-13-21(30)29-28-12-16-10-17(25)11-20(27)23(16)33-24(31)18-8-3-4-9-19(18)26/h3-12H,13H2,1-2H3,(H,29,30)/b28-12+. The fourth-order valence-corrected chi connectivity index (χ4v) is 4.71. The SMILES string of the molecule is Cc1cccc(C)c1OCC(=O)N/N=C/c1cc(Br)cc(Br)c1OC(=O)c1ccccc1Br. The van der Waals surface area contributed by atoms with Crippen LogP contribution in [0, 0.1) is 13.8 Å². The van der Waals surface area contributed by atoms with Crippen LogP contribution in [0.15, 0.2) is 73.1 Å². The van der Waals surface area contributed by atoms with E-state index in [1.807, 2.05) is 32.0 Å². The molecule has 0 unspecified atom stereocenters. The van der Waals surface area contributed by atoms with E-state index in [1.54, 1.807) is 36.4 Å². The van der Waals surface area contributed by atoms with Gasteiger partial charge in [0.25, 0.3) is 5.91 Å². The molecule has 0 heterocycles. The first-order chi connectivity index (χ1) is 15.8. The van der Waals surface area contributed by atoms with Gasteiger partial charge >= 0.3 is 5.97 Å². The van der Waals surface area contributed by atoms with E-state index in [0.29, 0.717) is 25.8 Å². The van der Waals surface area contributed by atoms with Crippen LogP contribution in [0.2, 0.25) is 0 Å². The lowest BCUT2D eigenvalue weighted by Crippen LogP contribution is -2.25. The zero-order chi connectivity index (χ0) is 24.0. The second-order valence-electron chi connectivity index (χ2n) is 6.98. The van der Waals surface area contributed by atoms with E-state index in [0.717, 1.165) is 15.6 Å². The van der Waals surface area contributed by atoms with Crippen LogP contribution in [-0.2, 0) is 4.79 Å². The van der Waals surface area contributed by atoms with Gasteiger partial charge in [-0.05, 0) is 81.1 Å². The Labute approximate surface area is 216 Å². The average Bonchev–Trinajstić information content (AvgIpc) is 2.76. The lowest BCUT2D eigenvalue weighted by molar-refractivity contribution is -0.123. The van der Waals surface area contributed by atoms with E-state index in [-0.39, 0.29) is 12.4 Å². The molecule has 0 fully saturated rings. The molecule has 33 heavy (non-hydrogen) atoms. The Morgan fingerprint density at radius 1 is 0.939 bits per heavy atom. The Morgan fingerprint density at radius 2 is 1.64 bits per heavy atom. The second kappa shape index (κ2) is 11.6. The molecule has 0 aromatic heterocycles. The largest absolute Gasteiger partial charge is 0.483 e. The molecule has 0 aliphatic carbocycles. The number of esters is 1. The quantitative estimate of drug-likeness (QED) is 0.142. The summed E-state index contributed by atoms with van der Waals surface area (Å²) >= 11 is 10.2. The number of ether oxygens (including phenoxy) is 2. The molecule has 0 aliphatic rings. The van der Waals surface area contributed by atoms with Gasteiger partial charge < -0.3 is 9.47 Å². The Bertz CT molecular complexity index is 1210. The number of aryl methyl sites for hydroxylation is 2. The maximum Gasteiger partial charge on any atom is 0.344 e. The van der Waals surface area contributed by atoms with Crippen LogP contribution in [0.25, 0.3) is 0 Å². The molecule has 3 aromatic rings. The molecule has 0 aliphatic heterocycles. The molecule has 3 aromatic carbocycles. The Hall–Kier alpha value is -2.49. The molecule has 0 saturated heterocycles. The number of hydrogen-bond acceptors (Lipinski definition) is 5. The van der Waals surface area contributed by atoms with E-state index in [9.17, 15) is 9.59 Å². The highest BCUT2D eigenvalue weighted by Crippen LogP contribution is 2.33. The van der Waals surface area contributed by atoms with Gasteiger partial charge in [-0.15, -0.1) is 0 Å². The third kappa shape index (κ3) is 6.75. The summed E-state index contributed by atoms with van der Waals surface area (Å²) in [7, 11) is 0. The molecule has 1 N–H and O–H groups in total. The predicted octanol–water partition coefficient (Wildman–Crippen LogP) is 6.34. The monoisotopic (exact) mass is 636 g/mol. The van der Waals surface area contributed by atoms with Crippen molar-refractivity contribution in [2.24, 2.45) is 5.10 Å². The van der Waals surface area contributed by atoms with Crippen LogP contribution in [-0.4, -0.2) is 24.7 Å². The molecule has 0 saturated carbocycles. The third-order valence-corrected chi connectivity index (χ3v) is 6.21. The fraction of sp³-hybridized carbons (Fsp3) is 0.125. The van der Waals surface area contributed by atoms with Crippen LogP contribution in [0.3, 0.4) is 0 Å². The van der Waals surface area contributed by atoms with Gasteiger partial charge in [0.15, 0.2) is 12.4 Å². The Morgan fingerprint density at radius 3 is 2.33 bits per heavy atom. The summed E-state index contributed by atoms with van der Waals surface area (Å²) < 4.78 is 13.2. The molecule has 6 nitrogen and oxygen atoms in total. The Kier molecular flexibility index (Phi) is 8.82. The van der Waals surface area contributed by atoms with Crippen molar-refractivity contribution < 1.29 is 19.1 Å². The van der Waals surface area contributed by atoms with Crippen molar-refractivity contribution in [2.75, 3.05) is 6.61 Å². The number of nitrogens with one attached hydrogen (secondary N) is 1. The summed E-state index contributed by atoms with van der Waals surface area (Å²) in [6.45, 7) is 3.65. The second-order valence-corrected chi connectivity index (χ2v) is 9.60. The minimum Gasteiger partial charge on any atom is -0.483 e. The summed E-state index contributed by atoms with van der Waals surface area (Å²) in [5.41, 5.74) is 5.18. The highest BCUT2D eigenvalue weighted by molar-refractivity contribution is 9.11. The predicted molar refractivity (Wildman–Crippen MR) is 138 cm³/mol. The number of halogens is 3. The number of benzene rings is 3. The summed E-state index contributed by atoms with van der Waals surface area (Å²) in [6.07, 6.45) is 1.40. The van der Waals surface area contributed by atoms with E-state index < -0.39 is 11.9 Å². The average molecular weight is 639 g/mol. The van der Waals surface area contributed by atoms with E-state index in [4.69, 9.17) is 9.47 Å². The number of rotatable bonds is 7. The Balaban J connectivity index is 1.70. The fourth-order valence-electron chi connectivity index (χ4n) is 2.93. The van der Waals surface area contributed by atoms with Crippen LogP contribution in [0.4, 0.5) is 0 Å². The smallest absolute Gasteiger partial charge is 0.344 e. The highest BCUT2D eigenvalue weighted by Gasteiger charge is 2.17. The number of hydrogen-bond donors (Lipinski definition) is 1. The number of para-hydroxylation sites is 1. The number of nitrogens with zero attached hydrogens (tertiary/aromatic N) is 1. The zero-order valence-electron chi connectivity index (χ0n) is 17.7. The molecule has 1 amide bonds. The van der Waals surface area contributed by atoms with Crippen molar-refractivity contribution in [3.63, 3.8) is 0 Å². The van der Waals surface area contributed by atoms with Gasteiger partial charge in [-0.1, -0.05) is 46.3 Å². The van der Waals surface area contributed by atoms with Crippen molar-refractivity contribution in [1.82, 2.24) is 5.43 Å². The first kappa shape index (κ1) is 25.1. The lowest BCUT2D eigenvalue weighted by atomic mass is 10.1. The minimum atomic E-state index is -0.536. The molecular formula is C24H19Br3N2O4. The van der Waals surface area contributed by atoms with Crippen LogP contribution < -0.4 is 14.9 Å². The topological polar surface area (TPSA) is 77.0 Å². The van der Waals surface area contributed by atoms with Gasteiger partial charge in [0.1, 0.15) is 5.75 Å². The third-order valence-electron chi connectivity index (χ3n) is 4.47. The van der Waals surface area contributed by atoms with Crippen LogP contribution in [0.5, 0.6) is 11.5 Å². The zero-order valence-corrected chi connectivity index (χ0v) is 22.5. The number of carbonyl (C=O) groups is 2. The van der Waals surface area contributed by atoms with Gasteiger partial charge in [-0.25, -0.2) is 10.2 Å². The van der Waals surface area contributed by atoms with Gasteiger partial charge in [0.2, 0.25) is 0 Å². The molecule has 0 spiro atoms. The normalized spacial score (nSPS) is 10.8. The van der Waals surface area contributed by atoms with Crippen LogP contribution >= 0.6 is 47.8 Å². The van der Waals surface area contributed by atoms with Crippen molar-refractivity contribution in [1.29, 1.82) is 0 Å². The van der Waals surface area contributed by atoms with E-state index in [1.165, 1.54) is 6.21 Å². The number of amides is 1.